The molecule has 0 spiro atoms. The lowest BCUT2D eigenvalue weighted by atomic mass is 10.1. The van der Waals surface area contributed by atoms with Crippen LogP contribution in [0.4, 0.5) is 13.2 Å². The van der Waals surface area contributed by atoms with Gasteiger partial charge in [0.25, 0.3) is 0 Å². The van der Waals surface area contributed by atoms with E-state index in [-0.39, 0.29) is 12.1 Å². The fraction of sp³-hybridized carbons (Fsp3) is 0.750. The number of alkyl halides is 3. The van der Waals surface area contributed by atoms with Crippen molar-refractivity contribution in [3.05, 3.63) is 0 Å². The van der Waals surface area contributed by atoms with Gasteiger partial charge in [-0.3, -0.25) is 10.1 Å². The molecule has 1 rings (SSSR count). The standard InChI is InChI=1S/C8H10F3NO4/c1-4-5(3-15-4)12-2-6(13)16-7(14)8(9,10)11/h4-5,12H,2-3H2,1H3. The van der Waals surface area contributed by atoms with Gasteiger partial charge in [-0.1, -0.05) is 0 Å². The average Bonchev–Trinajstić information content (AvgIpc) is 2.14. The molecule has 0 amide bonds. The summed E-state index contributed by atoms with van der Waals surface area (Å²) in [5, 5.41) is 2.61. The lowest BCUT2D eigenvalue weighted by Gasteiger charge is -2.34. The minimum absolute atomic E-state index is 0.103. The predicted molar refractivity (Wildman–Crippen MR) is 44.4 cm³/mol. The largest absolute Gasteiger partial charge is 0.491 e. The van der Waals surface area contributed by atoms with Crippen molar-refractivity contribution in [1.82, 2.24) is 5.32 Å². The van der Waals surface area contributed by atoms with Gasteiger partial charge in [-0.25, -0.2) is 4.79 Å². The molecule has 0 radical (unpaired) electrons. The Morgan fingerprint density at radius 1 is 1.50 bits per heavy atom. The van der Waals surface area contributed by atoms with Crippen LogP contribution in [0.25, 0.3) is 0 Å². The summed E-state index contributed by atoms with van der Waals surface area (Å²) in [6.07, 6.45) is -5.26. The zero-order chi connectivity index (χ0) is 12.3. The molecule has 92 valence electrons. The van der Waals surface area contributed by atoms with Gasteiger partial charge in [-0.15, -0.1) is 0 Å². The Bertz CT molecular complexity index is 291. The molecule has 0 bridgehead atoms. The van der Waals surface area contributed by atoms with E-state index in [1.165, 1.54) is 0 Å². The molecule has 1 fully saturated rings. The first-order valence-corrected chi connectivity index (χ1v) is 4.47. The lowest BCUT2D eigenvalue weighted by molar-refractivity contribution is -0.201. The number of esters is 2. The molecule has 2 unspecified atom stereocenters. The first-order valence-electron chi connectivity index (χ1n) is 4.47. The normalized spacial score (nSPS) is 24.8. The maximum absolute atomic E-state index is 11.7. The van der Waals surface area contributed by atoms with Crippen LogP contribution in [0.5, 0.6) is 0 Å². The molecule has 5 nitrogen and oxygen atoms in total. The van der Waals surface area contributed by atoms with Crippen LogP contribution in [-0.2, 0) is 19.1 Å². The quantitative estimate of drug-likeness (QED) is 0.556. The Kier molecular flexibility index (Phi) is 3.87. The Morgan fingerprint density at radius 3 is 2.50 bits per heavy atom. The lowest BCUT2D eigenvalue weighted by Crippen LogP contribution is -2.54. The molecule has 1 heterocycles. The van der Waals surface area contributed by atoms with E-state index in [1.54, 1.807) is 6.92 Å². The van der Waals surface area contributed by atoms with Crippen LogP contribution in [0.1, 0.15) is 6.92 Å². The smallest absolute Gasteiger partial charge is 0.385 e. The van der Waals surface area contributed by atoms with Gasteiger partial charge in [-0.2, -0.15) is 13.2 Å². The van der Waals surface area contributed by atoms with Gasteiger partial charge in [0.05, 0.1) is 25.3 Å². The zero-order valence-corrected chi connectivity index (χ0v) is 8.34. The minimum Gasteiger partial charge on any atom is -0.385 e. The topological polar surface area (TPSA) is 64.6 Å². The van der Waals surface area contributed by atoms with Crippen molar-refractivity contribution in [3.63, 3.8) is 0 Å². The van der Waals surface area contributed by atoms with Crippen LogP contribution in [-0.4, -0.2) is 43.4 Å². The Balaban J connectivity index is 2.23. The van der Waals surface area contributed by atoms with Crippen LogP contribution in [0.3, 0.4) is 0 Å². The van der Waals surface area contributed by atoms with Crippen molar-refractivity contribution in [2.45, 2.75) is 25.2 Å². The van der Waals surface area contributed by atoms with E-state index in [4.69, 9.17) is 4.74 Å². The number of carbonyl (C=O) groups is 2. The molecule has 1 aliphatic heterocycles. The Morgan fingerprint density at radius 2 is 2.12 bits per heavy atom. The fourth-order valence-corrected chi connectivity index (χ4v) is 1.02. The number of carbonyl (C=O) groups excluding carboxylic acids is 2. The average molecular weight is 241 g/mol. The summed E-state index contributed by atoms with van der Waals surface area (Å²) < 4.78 is 43.6. The highest BCUT2D eigenvalue weighted by molar-refractivity contribution is 5.89. The fourth-order valence-electron chi connectivity index (χ4n) is 1.02. The van der Waals surface area contributed by atoms with Crippen molar-refractivity contribution in [3.8, 4) is 0 Å². The second-order valence-corrected chi connectivity index (χ2v) is 3.29. The van der Waals surface area contributed by atoms with Crippen molar-refractivity contribution in [2.75, 3.05) is 13.2 Å². The van der Waals surface area contributed by atoms with Crippen molar-refractivity contribution in [1.29, 1.82) is 0 Å². The van der Waals surface area contributed by atoms with E-state index in [1.807, 2.05) is 0 Å². The molecular weight excluding hydrogens is 231 g/mol. The molecule has 0 aromatic heterocycles. The zero-order valence-electron chi connectivity index (χ0n) is 8.34. The van der Waals surface area contributed by atoms with Crippen molar-refractivity contribution >= 4 is 11.9 Å². The molecular formula is C8H10F3NO4. The van der Waals surface area contributed by atoms with Crippen molar-refractivity contribution in [2.24, 2.45) is 0 Å². The number of nitrogens with one attached hydrogen (secondary N) is 1. The first kappa shape index (κ1) is 12.9. The van der Waals surface area contributed by atoms with E-state index in [9.17, 15) is 22.8 Å². The van der Waals surface area contributed by atoms with Crippen LogP contribution in [0, 0.1) is 0 Å². The summed E-state index contributed by atoms with van der Waals surface area (Å²) >= 11 is 0. The molecule has 1 saturated heterocycles. The Hall–Kier alpha value is -1.15. The minimum atomic E-state index is -5.15. The predicted octanol–water partition coefficient (Wildman–Crippen LogP) is -0.00460. The number of ether oxygens (including phenoxy) is 2. The van der Waals surface area contributed by atoms with E-state index < -0.39 is 24.7 Å². The molecule has 8 heteroatoms. The van der Waals surface area contributed by atoms with E-state index in [2.05, 4.69) is 10.1 Å². The highest BCUT2D eigenvalue weighted by atomic mass is 19.4. The summed E-state index contributed by atoms with van der Waals surface area (Å²) in [6, 6.07) is -0.103. The summed E-state index contributed by atoms with van der Waals surface area (Å²) in [5.74, 6) is -3.77. The maximum Gasteiger partial charge on any atom is 0.491 e. The second-order valence-electron chi connectivity index (χ2n) is 3.29. The first-order chi connectivity index (χ1) is 7.30. The van der Waals surface area contributed by atoms with Gasteiger partial charge in [0, 0.05) is 0 Å². The monoisotopic (exact) mass is 241 g/mol. The summed E-state index contributed by atoms with van der Waals surface area (Å²) in [6.45, 7) is 1.66. The number of halogens is 3. The van der Waals surface area contributed by atoms with Crippen molar-refractivity contribution < 1.29 is 32.2 Å². The molecule has 1 aliphatic rings. The summed E-state index contributed by atoms with van der Waals surface area (Å²) in [7, 11) is 0. The molecule has 1 N–H and O–H groups in total. The number of hydrogen-bond acceptors (Lipinski definition) is 5. The highest BCUT2D eigenvalue weighted by Crippen LogP contribution is 2.16. The molecule has 0 saturated carbocycles. The van der Waals surface area contributed by atoms with E-state index in [0.717, 1.165) is 0 Å². The van der Waals surface area contributed by atoms with Gasteiger partial charge in [0.1, 0.15) is 0 Å². The molecule has 2 atom stereocenters. The third-order valence-corrected chi connectivity index (χ3v) is 2.05. The van der Waals surface area contributed by atoms with E-state index in [0.29, 0.717) is 6.61 Å². The number of hydrogen-bond donors (Lipinski definition) is 1. The third kappa shape index (κ3) is 3.46. The van der Waals surface area contributed by atoms with Gasteiger partial charge < -0.3 is 9.47 Å². The van der Waals surface area contributed by atoms with Crippen LogP contribution >= 0.6 is 0 Å². The van der Waals surface area contributed by atoms with Gasteiger partial charge in [0.15, 0.2) is 0 Å². The highest BCUT2D eigenvalue weighted by Gasteiger charge is 2.42. The van der Waals surface area contributed by atoms with Crippen LogP contribution in [0.15, 0.2) is 0 Å². The molecule has 0 aliphatic carbocycles. The molecule has 16 heavy (non-hydrogen) atoms. The van der Waals surface area contributed by atoms with Gasteiger partial charge in [0.2, 0.25) is 0 Å². The summed E-state index contributed by atoms with van der Waals surface area (Å²) in [4.78, 5) is 21.1. The SMILES string of the molecule is CC1OCC1NCC(=O)OC(=O)C(F)(F)F. The van der Waals surface area contributed by atoms with E-state index >= 15 is 0 Å². The summed E-state index contributed by atoms with van der Waals surface area (Å²) in [5.41, 5.74) is 0. The van der Waals surface area contributed by atoms with Crippen LogP contribution < -0.4 is 5.32 Å². The van der Waals surface area contributed by atoms with Crippen LogP contribution in [0.2, 0.25) is 0 Å². The number of rotatable bonds is 3. The third-order valence-electron chi connectivity index (χ3n) is 2.05. The van der Waals surface area contributed by atoms with Gasteiger partial charge >= 0.3 is 18.1 Å². The maximum atomic E-state index is 11.7. The Labute approximate surface area is 88.9 Å². The molecule has 0 aromatic carbocycles. The molecule has 0 aromatic rings. The van der Waals surface area contributed by atoms with Gasteiger partial charge in [-0.05, 0) is 6.92 Å². The second kappa shape index (κ2) is 4.79.